The van der Waals surface area contributed by atoms with Crippen LogP contribution in [-0.4, -0.2) is 32.5 Å². The Hall–Kier alpha value is -0.640. The second-order valence-corrected chi connectivity index (χ2v) is 2.92. The fraction of sp³-hybridized carbons (Fsp3) is 0.875. The lowest BCUT2D eigenvalue weighted by Gasteiger charge is -2.24. The van der Waals surface area contributed by atoms with Crippen LogP contribution in [0.4, 0.5) is 4.39 Å². The Balaban J connectivity index is 2.33. The lowest BCUT2D eigenvalue weighted by atomic mass is 9.95. The molecule has 0 amide bonds. The summed E-state index contributed by atoms with van der Waals surface area (Å²) in [5.74, 6) is -0.559. The number of halogens is 1. The zero-order valence-electron chi connectivity index (χ0n) is 7.09. The normalized spacial score (nSPS) is 29.8. The van der Waals surface area contributed by atoms with Gasteiger partial charge in [0, 0.05) is 12.5 Å². The average molecular weight is 176 g/mol. The van der Waals surface area contributed by atoms with Crippen molar-refractivity contribution in [1.82, 2.24) is 0 Å². The number of rotatable bonds is 2. The topological polar surface area (TPSA) is 35.5 Å². The maximum absolute atomic E-state index is 13.0. The van der Waals surface area contributed by atoms with Crippen molar-refractivity contribution >= 4 is 5.97 Å². The van der Waals surface area contributed by atoms with Crippen molar-refractivity contribution in [1.29, 1.82) is 0 Å². The van der Waals surface area contributed by atoms with Crippen molar-refractivity contribution in [3.05, 3.63) is 0 Å². The second kappa shape index (κ2) is 4.40. The Morgan fingerprint density at radius 1 is 1.75 bits per heavy atom. The Morgan fingerprint density at radius 2 is 2.50 bits per heavy atom. The molecule has 0 aliphatic carbocycles. The van der Waals surface area contributed by atoms with Gasteiger partial charge in [-0.25, -0.2) is 4.39 Å². The summed E-state index contributed by atoms with van der Waals surface area (Å²) in [6, 6.07) is 0. The zero-order chi connectivity index (χ0) is 8.97. The molecule has 0 saturated carbocycles. The Morgan fingerprint density at radius 3 is 3.08 bits per heavy atom. The molecule has 0 bridgehead atoms. The minimum atomic E-state index is -1.02. The summed E-state index contributed by atoms with van der Waals surface area (Å²) in [4.78, 5) is 10.8. The highest BCUT2D eigenvalue weighted by atomic mass is 19.1. The van der Waals surface area contributed by atoms with Crippen LogP contribution in [0.25, 0.3) is 0 Å². The summed E-state index contributed by atoms with van der Waals surface area (Å²) in [5, 5.41) is 0. The van der Waals surface area contributed by atoms with Crippen molar-refractivity contribution < 1.29 is 18.7 Å². The molecule has 1 saturated heterocycles. The average Bonchev–Trinajstić information content (AvgIpc) is 2.09. The van der Waals surface area contributed by atoms with E-state index in [4.69, 9.17) is 4.74 Å². The number of esters is 1. The molecule has 0 aromatic rings. The molecule has 0 aromatic heterocycles. The highest BCUT2D eigenvalue weighted by Crippen LogP contribution is 2.21. The summed E-state index contributed by atoms with van der Waals surface area (Å²) in [5.41, 5.74) is 0. The van der Waals surface area contributed by atoms with Crippen molar-refractivity contribution in [2.45, 2.75) is 19.0 Å². The number of hydrogen-bond donors (Lipinski definition) is 0. The van der Waals surface area contributed by atoms with Gasteiger partial charge in [-0.05, 0) is 6.42 Å². The first-order valence-corrected chi connectivity index (χ1v) is 4.02. The van der Waals surface area contributed by atoms with Crippen molar-refractivity contribution in [2.75, 3.05) is 20.3 Å². The first-order valence-electron chi connectivity index (χ1n) is 4.02. The van der Waals surface area contributed by atoms with Gasteiger partial charge in [0.05, 0.1) is 20.1 Å². The van der Waals surface area contributed by atoms with Gasteiger partial charge in [-0.3, -0.25) is 4.79 Å². The van der Waals surface area contributed by atoms with Gasteiger partial charge in [-0.1, -0.05) is 0 Å². The molecule has 0 unspecified atom stereocenters. The fourth-order valence-electron chi connectivity index (χ4n) is 1.27. The zero-order valence-corrected chi connectivity index (χ0v) is 7.09. The lowest BCUT2D eigenvalue weighted by Crippen LogP contribution is -2.30. The fourth-order valence-corrected chi connectivity index (χ4v) is 1.27. The molecule has 1 aliphatic rings. The molecule has 0 radical (unpaired) electrons. The number of methoxy groups -OCH3 is 1. The van der Waals surface area contributed by atoms with E-state index in [0.29, 0.717) is 13.0 Å². The van der Waals surface area contributed by atoms with Crippen LogP contribution in [0.2, 0.25) is 0 Å². The summed E-state index contributed by atoms with van der Waals surface area (Å²) >= 11 is 0. The highest BCUT2D eigenvalue weighted by Gasteiger charge is 2.27. The molecule has 12 heavy (non-hydrogen) atoms. The molecule has 3 nitrogen and oxygen atoms in total. The van der Waals surface area contributed by atoms with Crippen LogP contribution >= 0.6 is 0 Å². The Labute approximate surface area is 70.8 Å². The number of alkyl halides is 1. The molecule has 1 fully saturated rings. The summed E-state index contributed by atoms with van der Waals surface area (Å²) in [7, 11) is 1.31. The van der Waals surface area contributed by atoms with Crippen LogP contribution in [0.1, 0.15) is 12.8 Å². The molecular formula is C8H13FO3. The maximum Gasteiger partial charge on any atom is 0.305 e. The third kappa shape index (κ3) is 2.44. The third-order valence-electron chi connectivity index (χ3n) is 2.08. The minimum Gasteiger partial charge on any atom is -0.469 e. The molecule has 4 heteroatoms. The van der Waals surface area contributed by atoms with E-state index >= 15 is 0 Å². The summed E-state index contributed by atoms with van der Waals surface area (Å²) in [6.45, 7) is 0.656. The summed E-state index contributed by atoms with van der Waals surface area (Å²) < 4.78 is 22.4. The van der Waals surface area contributed by atoms with Crippen LogP contribution in [0.15, 0.2) is 0 Å². The first kappa shape index (κ1) is 9.45. The van der Waals surface area contributed by atoms with E-state index in [-0.39, 0.29) is 24.9 Å². The molecule has 1 aliphatic heterocycles. The van der Waals surface area contributed by atoms with Gasteiger partial charge in [0.2, 0.25) is 0 Å². The van der Waals surface area contributed by atoms with Crippen molar-refractivity contribution in [3.63, 3.8) is 0 Å². The van der Waals surface area contributed by atoms with Crippen LogP contribution in [0, 0.1) is 5.92 Å². The first-order chi connectivity index (χ1) is 5.74. The predicted molar refractivity (Wildman–Crippen MR) is 40.5 cm³/mol. The van der Waals surface area contributed by atoms with Crippen LogP contribution < -0.4 is 0 Å². The molecule has 70 valence electrons. The Bertz CT molecular complexity index is 160. The lowest BCUT2D eigenvalue weighted by molar-refractivity contribution is -0.143. The molecule has 2 atom stereocenters. The van der Waals surface area contributed by atoms with Gasteiger partial charge in [-0.15, -0.1) is 0 Å². The highest BCUT2D eigenvalue weighted by molar-refractivity contribution is 5.69. The van der Waals surface area contributed by atoms with E-state index in [2.05, 4.69) is 4.74 Å². The van der Waals surface area contributed by atoms with Crippen molar-refractivity contribution in [2.24, 2.45) is 5.92 Å². The van der Waals surface area contributed by atoms with Gasteiger partial charge >= 0.3 is 5.97 Å². The van der Waals surface area contributed by atoms with Gasteiger partial charge in [-0.2, -0.15) is 0 Å². The monoisotopic (exact) mass is 176 g/mol. The minimum absolute atomic E-state index is 0.113. The molecule has 1 rings (SSSR count). The molecule has 0 aromatic carbocycles. The molecule has 1 heterocycles. The van der Waals surface area contributed by atoms with E-state index in [1.807, 2.05) is 0 Å². The van der Waals surface area contributed by atoms with E-state index in [9.17, 15) is 9.18 Å². The van der Waals surface area contributed by atoms with Crippen LogP contribution in [0.5, 0.6) is 0 Å². The number of carbonyl (C=O) groups is 1. The summed E-state index contributed by atoms with van der Waals surface area (Å²) in [6.07, 6.45) is -0.241. The van der Waals surface area contributed by atoms with E-state index in [1.165, 1.54) is 7.11 Å². The maximum atomic E-state index is 13.0. The quantitative estimate of drug-likeness (QED) is 0.587. The Kier molecular flexibility index (Phi) is 3.47. The molecule has 0 spiro atoms. The van der Waals surface area contributed by atoms with Crippen LogP contribution in [0.3, 0.4) is 0 Å². The number of ether oxygens (including phenoxy) is 2. The number of hydrogen-bond acceptors (Lipinski definition) is 3. The van der Waals surface area contributed by atoms with Gasteiger partial charge in [0.1, 0.15) is 6.17 Å². The standard InChI is InChI=1S/C8H13FO3/c1-11-8(10)4-6-2-3-12-5-7(6)9/h6-7H,2-5H2,1H3/t6-,7-/m1/s1. The van der Waals surface area contributed by atoms with Gasteiger partial charge in [0.25, 0.3) is 0 Å². The second-order valence-electron chi connectivity index (χ2n) is 2.92. The van der Waals surface area contributed by atoms with E-state index in [1.54, 1.807) is 0 Å². The van der Waals surface area contributed by atoms with E-state index < -0.39 is 6.17 Å². The van der Waals surface area contributed by atoms with Crippen molar-refractivity contribution in [3.8, 4) is 0 Å². The molecule has 0 N–H and O–H groups in total. The largest absolute Gasteiger partial charge is 0.469 e. The van der Waals surface area contributed by atoms with E-state index in [0.717, 1.165) is 0 Å². The molecular weight excluding hydrogens is 163 g/mol. The smallest absolute Gasteiger partial charge is 0.305 e. The van der Waals surface area contributed by atoms with Crippen LogP contribution in [-0.2, 0) is 14.3 Å². The number of carbonyl (C=O) groups excluding carboxylic acids is 1. The SMILES string of the molecule is COC(=O)C[C@H]1CCOC[C@H]1F. The third-order valence-corrected chi connectivity index (χ3v) is 2.08. The van der Waals surface area contributed by atoms with Gasteiger partial charge in [0.15, 0.2) is 0 Å². The van der Waals surface area contributed by atoms with Gasteiger partial charge < -0.3 is 9.47 Å². The predicted octanol–water partition coefficient (Wildman–Crippen LogP) is 0.924.